The fourth-order valence-corrected chi connectivity index (χ4v) is 4.98. The number of rotatable bonds is 10. The molecule has 1 atom stereocenters. The maximum atomic E-state index is 13.3. The van der Waals surface area contributed by atoms with Gasteiger partial charge < -0.3 is 10.2 Å². The Bertz CT molecular complexity index is 838. The fourth-order valence-electron chi connectivity index (χ4n) is 3.99. The van der Waals surface area contributed by atoms with Crippen molar-refractivity contribution in [1.82, 2.24) is 10.2 Å². The van der Waals surface area contributed by atoms with Crippen molar-refractivity contribution in [3.63, 3.8) is 0 Å². The molecule has 2 aromatic carbocycles. The van der Waals surface area contributed by atoms with Crippen LogP contribution < -0.4 is 5.32 Å². The summed E-state index contributed by atoms with van der Waals surface area (Å²) in [7, 11) is 0. The highest BCUT2D eigenvalue weighted by Crippen LogP contribution is 2.22. The van der Waals surface area contributed by atoms with Crippen molar-refractivity contribution in [2.45, 2.75) is 69.0 Å². The SMILES string of the molecule is CC[C@@H](C(=O)NC1CCCC1)N(Cc1ccc(Cl)cc1)C(=O)CCSc1ccccc1. The third-order valence-electron chi connectivity index (χ3n) is 5.68. The van der Waals surface area contributed by atoms with Gasteiger partial charge in [0.2, 0.25) is 11.8 Å². The molecule has 6 heteroatoms. The topological polar surface area (TPSA) is 49.4 Å². The highest BCUT2D eigenvalue weighted by Gasteiger charge is 2.30. The lowest BCUT2D eigenvalue weighted by Gasteiger charge is -2.31. The molecule has 0 heterocycles. The molecule has 0 spiro atoms. The Morgan fingerprint density at radius 3 is 2.42 bits per heavy atom. The van der Waals surface area contributed by atoms with Crippen LogP contribution >= 0.6 is 23.4 Å². The molecule has 0 aliphatic heterocycles. The van der Waals surface area contributed by atoms with Crippen molar-refractivity contribution in [3.8, 4) is 0 Å². The summed E-state index contributed by atoms with van der Waals surface area (Å²) >= 11 is 7.69. The first kappa shape index (κ1) is 23.7. The molecule has 166 valence electrons. The molecule has 1 aliphatic carbocycles. The number of carbonyl (C=O) groups is 2. The fraction of sp³-hybridized carbons (Fsp3) is 0.440. The van der Waals surface area contributed by atoms with Gasteiger partial charge in [0.05, 0.1) is 0 Å². The molecule has 3 rings (SSSR count). The molecule has 2 aromatic rings. The highest BCUT2D eigenvalue weighted by molar-refractivity contribution is 7.99. The van der Waals surface area contributed by atoms with Gasteiger partial charge in [0.25, 0.3) is 0 Å². The first-order valence-electron chi connectivity index (χ1n) is 11.1. The van der Waals surface area contributed by atoms with E-state index in [-0.39, 0.29) is 17.9 Å². The third kappa shape index (κ3) is 7.29. The lowest BCUT2D eigenvalue weighted by Crippen LogP contribution is -2.51. The van der Waals surface area contributed by atoms with E-state index >= 15 is 0 Å². The van der Waals surface area contributed by atoms with Crippen LogP contribution in [0.2, 0.25) is 5.02 Å². The van der Waals surface area contributed by atoms with Crippen molar-refractivity contribution < 1.29 is 9.59 Å². The first-order chi connectivity index (χ1) is 15.1. The van der Waals surface area contributed by atoms with Crippen LogP contribution in [0.4, 0.5) is 0 Å². The zero-order chi connectivity index (χ0) is 22.1. The predicted octanol–water partition coefficient (Wildman–Crippen LogP) is 5.69. The third-order valence-corrected chi connectivity index (χ3v) is 6.95. The molecule has 0 radical (unpaired) electrons. The van der Waals surface area contributed by atoms with Crippen molar-refractivity contribution in [3.05, 3.63) is 65.2 Å². The quantitative estimate of drug-likeness (QED) is 0.465. The highest BCUT2D eigenvalue weighted by atomic mass is 35.5. The number of carbonyl (C=O) groups excluding carboxylic acids is 2. The number of hydrogen-bond donors (Lipinski definition) is 1. The van der Waals surface area contributed by atoms with Gasteiger partial charge in [0.1, 0.15) is 6.04 Å². The van der Waals surface area contributed by atoms with E-state index in [2.05, 4.69) is 5.32 Å². The maximum Gasteiger partial charge on any atom is 0.243 e. The molecule has 0 bridgehead atoms. The summed E-state index contributed by atoms with van der Waals surface area (Å²) in [5.74, 6) is 0.653. The number of amides is 2. The van der Waals surface area contributed by atoms with Gasteiger partial charge in [-0.1, -0.05) is 61.7 Å². The molecular formula is C25H31ClN2O2S. The average molecular weight is 459 g/mol. The Labute approximate surface area is 194 Å². The monoisotopic (exact) mass is 458 g/mol. The minimum Gasteiger partial charge on any atom is -0.352 e. The minimum absolute atomic E-state index is 0.00630. The lowest BCUT2D eigenvalue weighted by molar-refractivity contribution is -0.141. The minimum atomic E-state index is -0.467. The second kappa shape index (κ2) is 12.2. The Kier molecular flexibility index (Phi) is 9.29. The van der Waals surface area contributed by atoms with Gasteiger partial charge >= 0.3 is 0 Å². The first-order valence-corrected chi connectivity index (χ1v) is 12.4. The molecule has 1 aliphatic rings. The van der Waals surface area contributed by atoms with Crippen LogP contribution in [0.15, 0.2) is 59.5 Å². The number of nitrogens with one attached hydrogen (secondary N) is 1. The Morgan fingerprint density at radius 2 is 1.77 bits per heavy atom. The summed E-state index contributed by atoms with van der Waals surface area (Å²) in [5.41, 5.74) is 0.973. The van der Waals surface area contributed by atoms with Crippen LogP contribution in [0.1, 0.15) is 51.0 Å². The van der Waals surface area contributed by atoms with E-state index in [0.717, 1.165) is 36.1 Å². The van der Waals surface area contributed by atoms with E-state index in [9.17, 15) is 9.59 Å². The lowest BCUT2D eigenvalue weighted by atomic mass is 10.1. The summed E-state index contributed by atoms with van der Waals surface area (Å²) in [6.07, 6.45) is 5.35. The van der Waals surface area contributed by atoms with E-state index in [4.69, 9.17) is 11.6 Å². The molecule has 1 fully saturated rings. The number of halogens is 1. The Hall–Kier alpha value is -1.98. The van der Waals surface area contributed by atoms with Crippen LogP contribution in [0, 0.1) is 0 Å². The zero-order valence-electron chi connectivity index (χ0n) is 18.1. The van der Waals surface area contributed by atoms with Crippen molar-refractivity contribution >= 4 is 35.2 Å². The van der Waals surface area contributed by atoms with E-state index in [1.165, 1.54) is 0 Å². The smallest absolute Gasteiger partial charge is 0.243 e. The predicted molar refractivity (Wildman–Crippen MR) is 128 cm³/mol. The van der Waals surface area contributed by atoms with Gasteiger partial charge in [-0.15, -0.1) is 11.8 Å². The standard InChI is InChI=1S/C25H31ClN2O2S/c1-2-23(25(30)27-21-8-6-7-9-21)28(18-19-12-14-20(26)15-13-19)24(29)16-17-31-22-10-4-3-5-11-22/h3-5,10-15,21,23H,2,6-9,16-18H2,1H3,(H,27,30)/t23-/m0/s1. The van der Waals surface area contributed by atoms with Crippen LogP contribution in [0.25, 0.3) is 0 Å². The Balaban J connectivity index is 1.69. The Morgan fingerprint density at radius 1 is 1.10 bits per heavy atom. The van der Waals surface area contributed by atoms with Crippen molar-refractivity contribution in [2.75, 3.05) is 5.75 Å². The summed E-state index contributed by atoms with van der Waals surface area (Å²) in [4.78, 5) is 29.2. The molecule has 1 N–H and O–H groups in total. The number of thioether (sulfide) groups is 1. The number of hydrogen-bond acceptors (Lipinski definition) is 3. The summed E-state index contributed by atoms with van der Waals surface area (Å²) in [5, 5.41) is 3.84. The van der Waals surface area contributed by atoms with Gasteiger partial charge in [-0.2, -0.15) is 0 Å². The van der Waals surface area contributed by atoms with Crippen LogP contribution in [-0.4, -0.2) is 34.6 Å². The van der Waals surface area contributed by atoms with E-state index < -0.39 is 6.04 Å². The van der Waals surface area contributed by atoms with Gasteiger partial charge in [-0.25, -0.2) is 0 Å². The van der Waals surface area contributed by atoms with Crippen molar-refractivity contribution in [2.24, 2.45) is 0 Å². The largest absolute Gasteiger partial charge is 0.352 e. The normalized spacial score (nSPS) is 14.9. The van der Waals surface area contributed by atoms with Crippen molar-refractivity contribution in [1.29, 1.82) is 0 Å². The van der Waals surface area contributed by atoms with E-state index in [1.54, 1.807) is 16.7 Å². The molecular weight excluding hydrogens is 428 g/mol. The average Bonchev–Trinajstić information content (AvgIpc) is 3.28. The molecule has 0 unspecified atom stereocenters. The molecule has 4 nitrogen and oxygen atoms in total. The van der Waals surface area contributed by atoms with Gasteiger partial charge in [-0.3, -0.25) is 9.59 Å². The van der Waals surface area contributed by atoms with Crippen LogP contribution in [0.5, 0.6) is 0 Å². The van der Waals surface area contributed by atoms with Crippen LogP contribution in [0.3, 0.4) is 0 Å². The molecule has 1 saturated carbocycles. The van der Waals surface area contributed by atoms with E-state index in [1.807, 2.05) is 61.5 Å². The van der Waals surface area contributed by atoms with Gasteiger partial charge in [0.15, 0.2) is 0 Å². The number of benzene rings is 2. The second-order valence-electron chi connectivity index (χ2n) is 7.97. The molecule has 0 saturated heterocycles. The zero-order valence-corrected chi connectivity index (χ0v) is 19.6. The summed E-state index contributed by atoms with van der Waals surface area (Å²) in [6.45, 7) is 2.38. The summed E-state index contributed by atoms with van der Waals surface area (Å²) < 4.78 is 0. The molecule has 31 heavy (non-hydrogen) atoms. The maximum absolute atomic E-state index is 13.3. The number of nitrogens with zero attached hydrogens (tertiary/aromatic N) is 1. The van der Waals surface area contributed by atoms with Gasteiger partial charge in [0, 0.05) is 34.7 Å². The van der Waals surface area contributed by atoms with Crippen LogP contribution in [-0.2, 0) is 16.1 Å². The molecule has 0 aromatic heterocycles. The van der Waals surface area contributed by atoms with E-state index in [0.29, 0.717) is 30.2 Å². The summed E-state index contributed by atoms with van der Waals surface area (Å²) in [6, 6.07) is 17.3. The molecule has 2 amide bonds. The second-order valence-corrected chi connectivity index (χ2v) is 9.58. The van der Waals surface area contributed by atoms with Gasteiger partial charge in [-0.05, 0) is 49.1 Å².